The maximum Gasteiger partial charge on any atom is 0.0521 e. The standard InChI is InChI=1S/C16H17N3S/c17-14-7-3-1-6-13(14)15(19-18)9-11-10-20-16-8-4-2-5-12(11)16/h1-8,10,15,19H,9,17-18H2. The third kappa shape index (κ3) is 2.41. The molecule has 0 saturated carbocycles. The van der Waals surface area contributed by atoms with E-state index in [1.165, 1.54) is 15.6 Å². The van der Waals surface area contributed by atoms with Crippen LogP contribution < -0.4 is 17.0 Å². The zero-order valence-electron chi connectivity index (χ0n) is 11.0. The van der Waals surface area contributed by atoms with Gasteiger partial charge in [0.1, 0.15) is 0 Å². The molecule has 0 aliphatic carbocycles. The van der Waals surface area contributed by atoms with Gasteiger partial charge in [0.05, 0.1) is 6.04 Å². The molecule has 0 aliphatic rings. The van der Waals surface area contributed by atoms with Gasteiger partial charge in [0.15, 0.2) is 0 Å². The molecule has 2 aromatic carbocycles. The molecule has 3 nitrogen and oxygen atoms in total. The Hall–Kier alpha value is -1.88. The van der Waals surface area contributed by atoms with Gasteiger partial charge in [-0.2, -0.15) is 0 Å². The Labute approximate surface area is 122 Å². The summed E-state index contributed by atoms with van der Waals surface area (Å²) in [5.74, 6) is 5.73. The van der Waals surface area contributed by atoms with E-state index in [1.54, 1.807) is 11.3 Å². The van der Waals surface area contributed by atoms with Gasteiger partial charge < -0.3 is 5.73 Å². The van der Waals surface area contributed by atoms with Crippen molar-refractivity contribution < 1.29 is 0 Å². The number of rotatable bonds is 4. The van der Waals surface area contributed by atoms with Gasteiger partial charge in [0.25, 0.3) is 0 Å². The molecule has 0 amide bonds. The van der Waals surface area contributed by atoms with Crippen molar-refractivity contribution >= 4 is 27.1 Å². The molecule has 3 aromatic rings. The highest BCUT2D eigenvalue weighted by Crippen LogP contribution is 2.30. The molecule has 20 heavy (non-hydrogen) atoms. The maximum atomic E-state index is 6.05. The first kappa shape index (κ1) is 13.1. The second-order valence-corrected chi connectivity index (χ2v) is 5.72. The number of para-hydroxylation sites is 1. The normalized spacial score (nSPS) is 12.7. The average Bonchev–Trinajstić information content (AvgIpc) is 2.89. The van der Waals surface area contributed by atoms with Crippen molar-refractivity contribution in [1.29, 1.82) is 0 Å². The van der Waals surface area contributed by atoms with Gasteiger partial charge in [-0.25, -0.2) is 0 Å². The largest absolute Gasteiger partial charge is 0.398 e. The highest BCUT2D eigenvalue weighted by Gasteiger charge is 2.15. The van der Waals surface area contributed by atoms with Crippen molar-refractivity contribution in [2.45, 2.75) is 12.5 Å². The van der Waals surface area contributed by atoms with E-state index in [1.807, 2.05) is 24.3 Å². The minimum absolute atomic E-state index is 0.0224. The van der Waals surface area contributed by atoms with Crippen LogP contribution in [0.1, 0.15) is 17.2 Å². The van der Waals surface area contributed by atoms with Crippen molar-refractivity contribution in [1.82, 2.24) is 5.43 Å². The summed E-state index contributed by atoms with van der Waals surface area (Å²) >= 11 is 1.77. The number of nitrogen functional groups attached to an aromatic ring is 1. The van der Waals surface area contributed by atoms with Crippen LogP contribution in [0.15, 0.2) is 53.9 Å². The predicted molar refractivity (Wildman–Crippen MR) is 86.4 cm³/mol. The van der Waals surface area contributed by atoms with Crippen LogP contribution in [0.5, 0.6) is 0 Å². The van der Waals surface area contributed by atoms with E-state index in [-0.39, 0.29) is 6.04 Å². The molecule has 0 radical (unpaired) electrons. The molecule has 4 heteroatoms. The van der Waals surface area contributed by atoms with Gasteiger partial charge in [0, 0.05) is 10.4 Å². The summed E-state index contributed by atoms with van der Waals surface area (Å²) in [4.78, 5) is 0. The zero-order chi connectivity index (χ0) is 13.9. The zero-order valence-corrected chi connectivity index (χ0v) is 11.9. The SMILES string of the molecule is NNC(Cc1csc2ccccc12)c1ccccc1N. The van der Waals surface area contributed by atoms with Gasteiger partial charge >= 0.3 is 0 Å². The fraction of sp³-hybridized carbons (Fsp3) is 0.125. The summed E-state index contributed by atoms with van der Waals surface area (Å²) in [7, 11) is 0. The Balaban J connectivity index is 1.94. The van der Waals surface area contributed by atoms with Crippen molar-refractivity contribution in [2.24, 2.45) is 5.84 Å². The second-order valence-electron chi connectivity index (χ2n) is 4.81. The van der Waals surface area contributed by atoms with Crippen LogP contribution in [-0.4, -0.2) is 0 Å². The fourth-order valence-corrected chi connectivity index (χ4v) is 3.47. The van der Waals surface area contributed by atoms with Gasteiger partial charge in [-0.15, -0.1) is 11.3 Å². The number of benzene rings is 2. The van der Waals surface area contributed by atoms with Crippen molar-refractivity contribution in [3.63, 3.8) is 0 Å². The van der Waals surface area contributed by atoms with Crippen LogP contribution in [0.2, 0.25) is 0 Å². The molecule has 3 rings (SSSR count). The average molecular weight is 283 g/mol. The van der Waals surface area contributed by atoms with Crippen LogP contribution in [-0.2, 0) is 6.42 Å². The number of nitrogens with two attached hydrogens (primary N) is 2. The van der Waals surface area contributed by atoms with Crippen LogP contribution >= 0.6 is 11.3 Å². The maximum absolute atomic E-state index is 6.05. The quantitative estimate of drug-likeness (QED) is 0.391. The Kier molecular flexibility index (Phi) is 3.69. The molecule has 0 spiro atoms. The molecule has 1 unspecified atom stereocenters. The summed E-state index contributed by atoms with van der Waals surface area (Å²) in [6.07, 6.45) is 0.828. The number of anilines is 1. The van der Waals surface area contributed by atoms with Gasteiger partial charge in [-0.05, 0) is 40.4 Å². The Morgan fingerprint density at radius 1 is 1.05 bits per heavy atom. The lowest BCUT2D eigenvalue weighted by atomic mass is 9.98. The first-order valence-corrected chi connectivity index (χ1v) is 7.43. The molecule has 0 saturated heterocycles. The fourth-order valence-electron chi connectivity index (χ4n) is 2.50. The molecule has 1 aromatic heterocycles. The molecule has 0 aliphatic heterocycles. The third-order valence-electron chi connectivity index (χ3n) is 3.56. The molecule has 0 bridgehead atoms. The molecular weight excluding hydrogens is 266 g/mol. The third-order valence-corrected chi connectivity index (χ3v) is 4.57. The Morgan fingerprint density at radius 3 is 2.60 bits per heavy atom. The van der Waals surface area contributed by atoms with E-state index < -0.39 is 0 Å². The summed E-state index contributed by atoms with van der Waals surface area (Å²) < 4.78 is 1.30. The first-order chi connectivity index (χ1) is 9.79. The van der Waals surface area contributed by atoms with Crippen LogP contribution in [0.25, 0.3) is 10.1 Å². The van der Waals surface area contributed by atoms with E-state index in [2.05, 4.69) is 35.1 Å². The molecule has 102 valence electrons. The number of thiophene rings is 1. The Bertz CT molecular complexity index is 720. The number of hydrogen-bond donors (Lipinski definition) is 3. The number of fused-ring (bicyclic) bond motifs is 1. The van der Waals surface area contributed by atoms with Gasteiger partial charge in [-0.3, -0.25) is 11.3 Å². The minimum Gasteiger partial charge on any atom is -0.398 e. The molecule has 0 fully saturated rings. The lowest BCUT2D eigenvalue weighted by Crippen LogP contribution is -2.30. The van der Waals surface area contributed by atoms with Crippen molar-refractivity contribution in [3.05, 3.63) is 65.0 Å². The van der Waals surface area contributed by atoms with Crippen LogP contribution in [0.4, 0.5) is 5.69 Å². The highest BCUT2D eigenvalue weighted by molar-refractivity contribution is 7.17. The van der Waals surface area contributed by atoms with Crippen molar-refractivity contribution in [3.8, 4) is 0 Å². The summed E-state index contributed by atoms with van der Waals surface area (Å²) in [5, 5.41) is 3.50. The summed E-state index contributed by atoms with van der Waals surface area (Å²) in [6.45, 7) is 0. The van der Waals surface area contributed by atoms with E-state index in [4.69, 9.17) is 11.6 Å². The summed E-state index contributed by atoms with van der Waals surface area (Å²) in [6, 6.07) is 16.3. The smallest absolute Gasteiger partial charge is 0.0521 e. The number of hydrogen-bond acceptors (Lipinski definition) is 4. The van der Waals surface area contributed by atoms with Crippen LogP contribution in [0.3, 0.4) is 0 Å². The van der Waals surface area contributed by atoms with Crippen LogP contribution in [0, 0.1) is 0 Å². The number of nitrogens with one attached hydrogen (secondary N) is 1. The van der Waals surface area contributed by atoms with Gasteiger partial charge in [0.2, 0.25) is 0 Å². The summed E-state index contributed by atoms with van der Waals surface area (Å²) in [5.41, 5.74) is 12.1. The van der Waals surface area contributed by atoms with E-state index >= 15 is 0 Å². The molecule has 1 heterocycles. The van der Waals surface area contributed by atoms with E-state index in [0.717, 1.165) is 17.7 Å². The molecule has 1 atom stereocenters. The van der Waals surface area contributed by atoms with E-state index in [0.29, 0.717) is 0 Å². The van der Waals surface area contributed by atoms with Crippen molar-refractivity contribution in [2.75, 3.05) is 5.73 Å². The van der Waals surface area contributed by atoms with E-state index in [9.17, 15) is 0 Å². The highest BCUT2D eigenvalue weighted by atomic mass is 32.1. The topological polar surface area (TPSA) is 64.1 Å². The predicted octanol–water partition coefficient (Wildman–Crippen LogP) is 3.23. The molecule has 5 N–H and O–H groups in total. The number of hydrazine groups is 1. The molecular formula is C16H17N3S. The lowest BCUT2D eigenvalue weighted by molar-refractivity contribution is 0.555. The minimum atomic E-state index is 0.0224. The first-order valence-electron chi connectivity index (χ1n) is 6.55. The second kappa shape index (κ2) is 5.63. The monoisotopic (exact) mass is 283 g/mol. The lowest BCUT2D eigenvalue weighted by Gasteiger charge is -2.18. The Morgan fingerprint density at radius 2 is 1.80 bits per heavy atom. The van der Waals surface area contributed by atoms with Gasteiger partial charge in [-0.1, -0.05) is 36.4 Å².